The Balaban J connectivity index is 1.89. The van der Waals surface area contributed by atoms with Crippen LogP contribution in [0, 0.1) is 29.9 Å². The van der Waals surface area contributed by atoms with Gasteiger partial charge in [-0.1, -0.05) is 19.8 Å². The molecular weight excluding hydrogens is 372 g/mol. The van der Waals surface area contributed by atoms with Crippen LogP contribution in [0.5, 0.6) is 0 Å². The van der Waals surface area contributed by atoms with E-state index in [-0.39, 0.29) is 23.9 Å². The SMILES string of the molecule is C#CC(=O)N1[C@@H](CCCC)Cc2c([nH]c3c(F)cc(F)cc23)[C@@H]1C1CCNCC1. The van der Waals surface area contributed by atoms with Gasteiger partial charge in [-0.05, 0) is 62.2 Å². The van der Waals surface area contributed by atoms with Crippen LogP contribution < -0.4 is 5.32 Å². The lowest BCUT2D eigenvalue weighted by molar-refractivity contribution is -0.133. The summed E-state index contributed by atoms with van der Waals surface area (Å²) in [7, 11) is 0. The van der Waals surface area contributed by atoms with Crippen LogP contribution in [0.2, 0.25) is 0 Å². The maximum absolute atomic E-state index is 14.5. The number of unbranched alkanes of at least 4 members (excludes halogenated alkanes) is 1. The van der Waals surface area contributed by atoms with Crippen LogP contribution in [-0.4, -0.2) is 34.9 Å². The van der Waals surface area contributed by atoms with Gasteiger partial charge < -0.3 is 15.2 Å². The molecule has 4 rings (SSSR count). The minimum atomic E-state index is -0.599. The van der Waals surface area contributed by atoms with E-state index in [1.54, 1.807) is 0 Å². The van der Waals surface area contributed by atoms with Crippen LogP contribution in [0.15, 0.2) is 12.1 Å². The molecule has 2 aliphatic heterocycles. The van der Waals surface area contributed by atoms with E-state index >= 15 is 0 Å². The van der Waals surface area contributed by atoms with Gasteiger partial charge in [0.1, 0.15) is 11.6 Å². The number of halogens is 2. The largest absolute Gasteiger partial charge is 0.354 e. The van der Waals surface area contributed by atoms with Crippen LogP contribution in [0.25, 0.3) is 10.9 Å². The van der Waals surface area contributed by atoms with E-state index in [1.807, 2.05) is 4.90 Å². The summed E-state index contributed by atoms with van der Waals surface area (Å²) in [5, 5.41) is 3.95. The number of hydrogen-bond donors (Lipinski definition) is 2. The maximum atomic E-state index is 14.5. The van der Waals surface area contributed by atoms with Crippen LogP contribution in [0.4, 0.5) is 8.78 Å². The summed E-state index contributed by atoms with van der Waals surface area (Å²) >= 11 is 0. The first kappa shape index (κ1) is 19.9. The number of carbonyl (C=O) groups excluding carboxylic acids is 1. The van der Waals surface area contributed by atoms with E-state index in [0.29, 0.717) is 17.3 Å². The van der Waals surface area contributed by atoms with Gasteiger partial charge in [-0.25, -0.2) is 8.78 Å². The Morgan fingerprint density at radius 3 is 2.76 bits per heavy atom. The minimum Gasteiger partial charge on any atom is -0.354 e. The van der Waals surface area contributed by atoms with Crippen molar-refractivity contribution in [2.24, 2.45) is 5.92 Å². The molecule has 0 aliphatic carbocycles. The van der Waals surface area contributed by atoms with Gasteiger partial charge in [-0.3, -0.25) is 4.79 Å². The molecule has 0 spiro atoms. The number of benzene rings is 1. The molecule has 0 bridgehead atoms. The van der Waals surface area contributed by atoms with Gasteiger partial charge in [0.05, 0.1) is 11.6 Å². The predicted molar refractivity (Wildman–Crippen MR) is 109 cm³/mol. The number of piperidine rings is 1. The van der Waals surface area contributed by atoms with Crippen molar-refractivity contribution in [3.63, 3.8) is 0 Å². The average molecular weight is 399 g/mol. The third kappa shape index (κ3) is 3.53. The number of nitrogens with zero attached hydrogens (tertiary/aromatic N) is 1. The zero-order valence-electron chi connectivity index (χ0n) is 16.7. The number of amides is 1. The third-order valence-electron chi connectivity index (χ3n) is 6.47. The molecule has 3 heterocycles. The second kappa shape index (κ2) is 8.16. The Labute approximate surface area is 170 Å². The van der Waals surface area contributed by atoms with Crippen molar-refractivity contribution in [2.75, 3.05) is 13.1 Å². The summed E-state index contributed by atoms with van der Waals surface area (Å²) < 4.78 is 28.5. The summed E-state index contributed by atoms with van der Waals surface area (Å²) in [5.74, 6) is 1.04. The zero-order valence-corrected chi connectivity index (χ0v) is 16.7. The maximum Gasteiger partial charge on any atom is 0.299 e. The molecule has 1 saturated heterocycles. The number of terminal acetylenes is 1. The van der Waals surface area contributed by atoms with Crippen molar-refractivity contribution in [1.82, 2.24) is 15.2 Å². The Morgan fingerprint density at radius 2 is 2.07 bits per heavy atom. The minimum absolute atomic E-state index is 0.0591. The molecular formula is C23H27F2N3O. The fourth-order valence-corrected chi connectivity index (χ4v) is 5.14. The van der Waals surface area contributed by atoms with E-state index < -0.39 is 11.6 Å². The number of H-pyrrole nitrogens is 1. The molecule has 1 aromatic carbocycles. The van der Waals surface area contributed by atoms with Crippen LogP contribution in [0.3, 0.4) is 0 Å². The molecule has 6 heteroatoms. The molecule has 2 N–H and O–H groups in total. The number of fused-ring (bicyclic) bond motifs is 3. The topological polar surface area (TPSA) is 48.1 Å². The first-order chi connectivity index (χ1) is 14.0. The number of hydrogen-bond acceptors (Lipinski definition) is 2. The molecule has 2 aliphatic rings. The van der Waals surface area contributed by atoms with Crippen molar-refractivity contribution >= 4 is 16.8 Å². The fraction of sp³-hybridized carbons (Fsp3) is 0.522. The van der Waals surface area contributed by atoms with Gasteiger partial charge in [-0.15, -0.1) is 6.42 Å². The number of rotatable bonds is 4. The van der Waals surface area contributed by atoms with Gasteiger partial charge in [-0.2, -0.15) is 0 Å². The van der Waals surface area contributed by atoms with Crippen molar-refractivity contribution < 1.29 is 13.6 Å². The summed E-state index contributed by atoms with van der Waals surface area (Å²) in [6.07, 6.45) is 10.7. The lowest BCUT2D eigenvalue weighted by atomic mass is 9.80. The molecule has 0 saturated carbocycles. The second-order valence-electron chi connectivity index (χ2n) is 8.22. The van der Waals surface area contributed by atoms with Gasteiger partial charge in [0.15, 0.2) is 0 Å². The summed E-state index contributed by atoms with van der Waals surface area (Å²) in [6.45, 7) is 3.86. The monoisotopic (exact) mass is 399 g/mol. The summed E-state index contributed by atoms with van der Waals surface area (Å²) in [4.78, 5) is 17.9. The van der Waals surface area contributed by atoms with E-state index in [9.17, 15) is 13.6 Å². The molecule has 29 heavy (non-hydrogen) atoms. The number of aromatic amines is 1. The molecule has 0 unspecified atom stereocenters. The zero-order chi connectivity index (χ0) is 20.5. The molecule has 1 fully saturated rings. The normalized spacial score (nSPS) is 22.5. The highest BCUT2D eigenvalue weighted by atomic mass is 19.1. The highest BCUT2D eigenvalue weighted by Gasteiger charge is 2.43. The van der Waals surface area contributed by atoms with Gasteiger partial charge in [0.25, 0.3) is 5.91 Å². The third-order valence-corrected chi connectivity index (χ3v) is 6.47. The van der Waals surface area contributed by atoms with Crippen LogP contribution in [-0.2, 0) is 11.2 Å². The van der Waals surface area contributed by atoms with E-state index in [4.69, 9.17) is 6.42 Å². The Hall–Kier alpha value is -2.39. The highest BCUT2D eigenvalue weighted by molar-refractivity contribution is 5.94. The predicted octanol–water partition coefficient (Wildman–Crippen LogP) is 4.06. The van der Waals surface area contributed by atoms with Crippen molar-refractivity contribution in [1.29, 1.82) is 0 Å². The molecule has 1 amide bonds. The highest BCUT2D eigenvalue weighted by Crippen LogP contribution is 2.44. The van der Waals surface area contributed by atoms with Crippen LogP contribution in [0.1, 0.15) is 56.3 Å². The fourth-order valence-electron chi connectivity index (χ4n) is 5.14. The van der Waals surface area contributed by atoms with Crippen molar-refractivity contribution in [2.45, 2.75) is 57.5 Å². The first-order valence-electron chi connectivity index (χ1n) is 10.5. The molecule has 0 radical (unpaired) electrons. The molecule has 2 aromatic rings. The van der Waals surface area contributed by atoms with E-state index in [2.05, 4.69) is 23.1 Å². The Kier molecular flexibility index (Phi) is 5.60. The Morgan fingerprint density at radius 1 is 1.31 bits per heavy atom. The first-order valence-corrected chi connectivity index (χ1v) is 10.5. The lowest BCUT2D eigenvalue weighted by Gasteiger charge is -2.45. The van der Waals surface area contributed by atoms with Gasteiger partial charge in [0.2, 0.25) is 0 Å². The summed E-state index contributed by atoms with van der Waals surface area (Å²) in [6, 6.07) is 2.02. The van der Waals surface area contributed by atoms with Gasteiger partial charge in [0, 0.05) is 23.2 Å². The van der Waals surface area contributed by atoms with E-state index in [0.717, 1.165) is 62.5 Å². The lowest BCUT2D eigenvalue weighted by Crippen LogP contribution is -2.50. The molecule has 1 aromatic heterocycles. The van der Waals surface area contributed by atoms with Crippen LogP contribution >= 0.6 is 0 Å². The van der Waals surface area contributed by atoms with Crippen molar-refractivity contribution in [3.05, 3.63) is 35.0 Å². The number of nitrogens with one attached hydrogen (secondary N) is 2. The Bertz CT molecular complexity index is 955. The summed E-state index contributed by atoms with van der Waals surface area (Å²) in [5.41, 5.74) is 2.08. The standard InChI is InChI=1S/C23H27F2N3O/c1-3-5-6-16-13-18-17-11-15(24)12-19(25)21(17)27-22(18)23(28(16)20(29)4-2)14-7-9-26-10-8-14/h2,11-12,14,16,23,26-27H,3,5-10,13H2,1H3/t16-,23-/m0/s1. The van der Waals surface area contributed by atoms with E-state index in [1.165, 1.54) is 6.07 Å². The number of carbonyl (C=O) groups is 1. The molecule has 154 valence electrons. The molecule has 2 atom stereocenters. The smallest absolute Gasteiger partial charge is 0.299 e. The average Bonchev–Trinajstić information content (AvgIpc) is 3.09. The number of aromatic nitrogens is 1. The molecule has 4 nitrogen and oxygen atoms in total. The second-order valence-corrected chi connectivity index (χ2v) is 8.22. The van der Waals surface area contributed by atoms with Crippen molar-refractivity contribution in [3.8, 4) is 12.3 Å². The van der Waals surface area contributed by atoms with Gasteiger partial charge >= 0.3 is 0 Å². The quantitative estimate of drug-likeness (QED) is 0.762.